The van der Waals surface area contributed by atoms with Crippen LogP contribution in [-0.4, -0.2) is 38.6 Å². The van der Waals surface area contributed by atoms with Crippen LogP contribution in [-0.2, 0) is 6.54 Å². The monoisotopic (exact) mass is 327 g/mol. The Bertz CT molecular complexity index is 625. The van der Waals surface area contributed by atoms with Crippen LogP contribution in [0.4, 0.5) is 0 Å². The van der Waals surface area contributed by atoms with Crippen molar-refractivity contribution in [2.75, 3.05) is 13.2 Å². The van der Waals surface area contributed by atoms with Crippen molar-refractivity contribution in [3.63, 3.8) is 0 Å². The highest BCUT2D eigenvalue weighted by atomic mass is 35.5. The highest BCUT2D eigenvalue weighted by Crippen LogP contribution is 2.29. The molecule has 3 rings (SSSR count). The van der Waals surface area contributed by atoms with E-state index in [1.165, 1.54) is 12.8 Å². The van der Waals surface area contributed by atoms with Crippen LogP contribution in [0.2, 0.25) is 10.0 Å². The van der Waals surface area contributed by atoms with Crippen LogP contribution in [0.25, 0.3) is 5.65 Å². The minimum Gasteiger partial charge on any atom is -0.396 e. The molecular formula is C15H19Cl2N3O. The lowest BCUT2D eigenvalue weighted by atomic mass is 10.3. The summed E-state index contributed by atoms with van der Waals surface area (Å²) in [6, 6.07) is 2.39. The van der Waals surface area contributed by atoms with E-state index >= 15 is 0 Å². The molecule has 0 radical (unpaired) electrons. The number of pyridine rings is 1. The zero-order valence-electron chi connectivity index (χ0n) is 11.8. The van der Waals surface area contributed by atoms with Gasteiger partial charge in [0.1, 0.15) is 0 Å². The van der Waals surface area contributed by atoms with Crippen LogP contribution in [0.3, 0.4) is 0 Å². The number of unbranched alkanes of at least 4 members (excludes halogenated alkanes) is 1. The molecule has 4 nitrogen and oxygen atoms in total. The summed E-state index contributed by atoms with van der Waals surface area (Å²) in [4.78, 5) is 7.06. The SMILES string of the molecule is OCCCCN(Cc1cn2cc(Cl)cc(Cl)c2n1)C1CC1. The molecule has 1 aliphatic carbocycles. The summed E-state index contributed by atoms with van der Waals surface area (Å²) in [6.07, 6.45) is 8.22. The largest absolute Gasteiger partial charge is 0.396 e. The van der Waals surface area contributed by atoms with Gasteiger partial charge in [0.05, 0.1) is 15.7 Å². The summed E-state index contributed by atoms with van der Waals surface area (Å²) in [7, 11) is 0. The first-order valence-corrected chi connectivity index (χ1v) is 8.10. The van der Waals surface area contributed by atoms with Gasteiger partial charge in [-0.1, -0.05) is 23.2 Å². The Morgan fingerprint density at radius 2 is 2.10 bits per heavy atom. The Labute approximate surface area is 134 Å². The van der Waals surface area contributed by atoms with E-state index in [1.54, 1.807) is 6.07 Å². The van der Waals surface area contributed by atoms with Crippen molar-refractivity contribution >= 4 is 28.8 Å². The number of hydrogen-bond acceptors (Lipinski definition) is 3. The maximum atomic E-state index is 8.91. The van der Waals surface area contributed by atoms with Crippen molar-refractivity contribution in [3.05, 3.63) is 34.2 Å². The number of halogens is 2. The lowest BCUT2D eigenvalue weighted by Gasteiger charge is -2.20. The summed E-state index contributed by atoms with van der Waals surface area (Å²) < 4.78 is 1.89. The van der Waals surface area contributed by atoms with E-state index in [-0.39, 0.29) is 6.61 Å². The summed E-state index contributed by atoms with van der Waals surface area (Å²) in [6.45, 7) is 2.10. The second-order valence-electron chi connectivity index (χ2n) is 5.60. The van der Waals surface area contributed by atoms with Gasteiger partial charge in [-0.15, -0.1) is 0 Å². The van der Waals surface area contributed by atoms with Gasteiger partial charge < -0.3 is 9.51 Å². The molecule has 1 aliphatic rings. The summed E-state index contributed by atoms with van der Waals surface area (Å²) >= 11 is 12.2. The summed E-state index contributed by atoms with van der Waals surface area (Å²) in [5, 5.41) is 10.1. The normalized spacial score (nSPS) is 15.2. The number of aliphatic hydroxyl groups excluding tert-OH is 1. The third-order valence-corrected chi connectivity index (χ3v) is 4.29. The van der Waals surface area contributed by atoms with Crippen LogP contribution < -0.4 is 0 Å². The van der Waals surface area contributed by atoms with E-state index in [4.69, 9.17) is 28.3 Å². The minimum absolute atomic E-state index is 0.265. The van der Waals surface area contributed by atoms with E-state index in [2.05, 4.69) is 9.88 Å². The van der Waals surface area contributed by atoms with Gasteiger partial charge in [0.25, 0.3) is 0 Å². The Morgan fingerprint density at radius 3 is 2.81 bits per heavy atom. The maximum absolute atomic E-state index is 8.91. The fourth-order valence-electron chi connectivity index (χ4n) is 2.62. The minimum atomic E-state index is 0.265. The van der Waals surface area contributed by atoms with Gasteiger partial charge >= 0.3 is 0 Å². The predicted molar refractivity (Wildman–Crippen MR) is 85.0 cm³/mol. The molecule has 0 saturated heterocycles. The molecule has 0 aromatic carbocycles. The summed E-state index contributed by atoms with van der Waals surface area (Å²) in [5.41, 5.74) is 1.76. The molecule has 0 bridgehead atoms. The van der Waals surface area contributed by atoms with Crippen LogP contribution in [0.1, 0.15) is 31.4 Å². The second-order valence-corrected chi connectivity index (χ2v) is 6.45. The highest BCUT2D eigenvalue weighted by Gasteiger charge is 2.29. The highest BCUT2D eigenvalue weighted by molar-refractivity contribution is 6.36. The van der Waals surface area contributed by atoms with Crippen LogP contribution in [0.5, 0.6) is 0 Å². The molecule has 0 spiro atoms. The number of hydrogen-bond donors (Lipinski definition) is 1. The van der Waals surface area contributed by atoms with E-state index in [0.717, 1.165) is 37.3 Å². The standard InChI is InChI=1S/C15H19Cl2N3O/c16-11-7-14(17)15-18-12(10-20(15)8-11)9-19(13-3-4-13)5-1-2-6-21/h7-8,10,13,21H,1-6,9H2. The quantitative estimate of drug-likeness (QED) is 0.792. The topological polar surface area (TPSA) is 40.8 Å². The van der Waals surface area contributed by atoms with Gasteiger partial charge in [-0.2, -0.15) is 0 Å². The van der Waals surface area contributed by atoms with Crippen molar-refractivity contribution in [1.29, 1.82) is 0 Å². The molecule has 0 unspecified atom stereocenters. The number of imidazole rings is 1. The van der Waals surface area contributed by atoms with Crippen molar-refractivity contribution in [3.8, 4) is 0 Å². The molecule has 6 heteroatoms. The number of fused-ring (bicyclic) bond motifs is 1. The first kappa shape index (κ1) is 15.1. The van der Waals surface area contributed by atoms with E-state index in [0.29, 0.717) is 16.1 Å². The molecule has 1 saturated carbocycles. The Hall–Kier alpha value is -0.810. The molecule has 114 valence electrons. The predicted octanol–water partition coefficient (Wildman–Crippen LogP) is 3.38. The molecule has 1 N–H and O–H groups in total. The lowest BCUT2D eigenvalue weighted by molar-refractivity contribution is 0.227. The van der Waals surface area contributed by atoms with E-state index in [1.807, 2.05) is 16.8 Å². The van der Waals surface area contributed by atoms with Crippen LogP contribution in [0, 0.1) is 0 Å². The van der Waals surface area contributed by atoms with Gasteiger partial charge in [-0.3, -0.25) is 4.90 Å². The first-order chi connectivity index (χ1) is 10.2. The molecule has 1 fully saturated rings. The van der Waals surface area contributed by atoms with Gasteiger partial charge in [0.2, 0.25) is 0 Å². The summed E-state index contributed by atoms with van der Waals surface area (Å²) in [5.74, 6) is 0. The Balaban J connectivity index is 1.74. The van der Waals surface area contributed by atoms with Gasteiger partial charge in [0, 0.05) is 31.6 Å². The number of aromatic nitrogens is 2. The molecule has 0 atom stereocenters. The second kappa shape index (κ2) is 6.53. The molecule has 0 amide bonds. The number of rotatable bonds is 7. The van der Waals surface area contributed by atoms with Crippen molar-refractivity contribution in [2.24, 2.45) is 0 Å². The van der Waals surface area contributed by atoms with E-state index < -0.39 is 0 Å². The van der Waals surface area contributed by atoms with Crippen molar-refractivity contribution < 1.29 is 5.11 Å². The van der Waals surface area contributed by atoms with E-state index in [9.17, 15) is 0 Å². The number of nitrogens with zero attached hydrogens (tertiary/aromatic N) is 3. The number of aliphatic hydroxyl groups is 1. The molecule has 2 heterocycles. The smallest absolute Gasteiger partial charge is 0.156 e. The van der Waals surface area contributed by atoms with Crippen molar-refractivity contribution in [1.82, 2.24) is 14.3 Å². The zero-order chi connectivity index (χ0) is 14.8. The maximum Gasteiger partial charge on any atom is 0.156 e. The van der Waals surface area contributed by atoms with Crippen LogP contribution in [0.15, 0.2) is 18.5 Å². The first-order valence-electron chi connectivity index (χ1n) is 7.35. The van der Waals surface area contributed by atoms with Gasteiger partial charge in [-0.25, -0.2) is 4.98 Å². The molecule has 2 aromatic rings. The van der Waals surface area contributed by atoms with Gasteiger partial charge in [-0.05, 0) is 38.3 Å². The average molecular weight is 328 g/mol. The third kappa shape index (κ3) is 3.69. The molecule has 21 heavy (non-hydrogen) atoms. The zero-order valence-corrected chi connectivity index (χ0v) is 13.3. The van der Waals surface area contributed by atoms with Gasteiger partial charge in [0.15, 0.2) is 5.65 Å². The lowest BCUT2D eigenvalue weighted by Crippen LogP contribution is -2.27. The van der Waals surface area contributed by atoms with Crippen LogP contribution >= 0.6 is 23.2 Å². The molecule has 0 aliphatic heterocycles. The fourth-order valence-corrected chi connectivity index (χ4v) is 3.14. The Kier molecular flexibility index (Phi) is 4.69. The average Bonchev–Trinajstić information content (AvgIpc) is 3.19. The fraction of sp³-hybridized carbons (Fsp3) is 0.533. The molecular weight excluding hydrogens is 309 g/mol. The van der Waals surface area contributed by atoms with Crippen molar-refractivity contribution in [2.45, 2.75) is 38.3 Å². The Morgan fingerprint density at radius 1 is 1.29 bits per heavy atom. The molecule has 2 aromatic heterocycles. The third-order valence-electron chi connectivity index (χ3n) is 3.80.